The lowest BCUT2D eigenvalue weighted by Crippen LogP contribution is -2.63. The smallest absolute Gasteiger partial charge is 0.257 e. The van der Waals surface area contributed by atoms with Gasteiger partial charge in [-0.3, -0.25) is 9.59 Å². The third kappa shape index (κ3) is 1.91. The van der Waals surface area contributed by atoms with E-state index in [9.17, 15) is 9.59 Å². The Morgan fingerprint density at radius 2 is 2.12 bits per heavy atom. The van der Waals surface area contributed by atoms with Crippen LogP contribution in [0.2, 0.25) is 0 Å². The number of hydrogen-bond donors (Lipinski definition) is 0. The van der Waals surface area contributed by atoms with Gasteiger partial charge in [-0.25, -0.2) is 0 Å². The van der Waals surface area contributed by atoms with Gasteiger partial charge in [-0.05, 0) is 13.3 Å². The monoisotopic (exact) mass is 278 g/mol. The molecule has 0 bridgehead atoms. The number of nitrogens with zero attached hydrogens (tertiary/aromatic N) is 2. The number of carbonyl (C=O) groups is 2. The van der Waals surface area contributed by atoms with E-state index in [0.29, 0.717) is 19.5 Å². The summed E-state index contributed by atoms with van der Waals surface area (Å²) in [5.41, 5.74) is -0.548. The summed E-state index contributed by atoms with van der Waals surface area (Å²) in [7, 11) is 0. The van der Waals surface area contributed by atoms with Crippen LogP contribution in [0.4, 0.5) is 0 Å². The highest BCUT2D eigenvalue weighted by Gasteiger charge is 2.53. The summed E-state index contributed by atoms with van der Waals surface area (Å²) in [6.07, 6.45) is 1.43. The summed E-state index contributed by atoms with van der Waals surface area (Å²) in [4.78, 5) is 26.4. The number of carbonyl (C=O) groups excluding carboxylic acids is 2. The van der Waals surface area contributed by atoms with E-state index in [0.717, 1.165) is 6.42 Å². The molecule has 0 aromatic carbocycles. The lowest BCUT2D eigenvalue weighted by atomic mass is 9.99. The van der Waals surface area contributed by atoms with Crippen molar-refractivity contribution in [3.8, 4) is 0 Å². The zero-order valence-electron chi connectivity index (χ0n) is 9.95. The number of fused-ring (bicyclic) bond motifs is 1. The Balaban J connectivity index is 2.30. The van der Waals surface area contributed by atoms with Gasteiger partial charge >= 0.3 is 0 Å². The van der Waals surface area contributed by atoms with Crippen molar-refractivity contribution >= 4 is 35.0 Å². The van der Waals surface area contributed by atoms with Crippen molar-refractivity contribution in [2.45, 2.75) is 37.2 Å². The van der Waals surface area contributed by atoms with E-state index in [1.807, 2.05) is 13.8 Å². The number of hydrogen-bond acceptors (Lipinski definition) is 2. The van der Waals surface area contributed by atoms with E-state index in [1.54, 1.807) is 9.80 Å². The lowest BCUT2D eigenvalue weighted by Gasteiger charge is -2.48. The van der Waals surface area contributed by atoms with Gasteiger partial charge in [0.2, 0.25) is 5.91 Å². The van der Waals surface area contributed by atoms with E-state index < -0.39 is 10.5 Å². The summed E-state index contributed by atoms with van der Waals surface area (Å²) in [5.74, 6) is -0.231. The molecule has 2 fully saturated rings. The van der Waals surface area contributed by atoms with Crippen molar-refractivity contribution in [3.63, 3.8) is 0 Å². The molecular weight excluding hydrogens is 263 g/mol. The predicted molar refractivity (Wildman–Crippen MR) is 65.7 cm³/mol. The fourth-order valence-electron chi connectivity index (χ4n) is 2.98. The molecule has 96 valence electrons. The van der Waals surface area contributed by atoms with Gasteiger partial charge in [-0.15, -0.1) is 0 Å². The second-order valence-corrected chi connectivity index (χ2v) is 6.05. The molecule has 0 radical (unpaired) electrons. The molecular formula is C11H16Cl2N2O2. The summed E-state index contributed by atoms with van der Waals surface area (Å²) < 4.78 is 0. The van der Waals surface area contributed by atoms with Gasteiger partial charge < -0.3 is 9.80 Å². The highest BCUT2D eigenvalue weighted by molar-refractivity contribution is 6.53. The predicted octanol–water partition coefficient (Wildman–Crippen LogP) is 1.61. The Morgan fingerprint density at radius 3 is 2.71 bits per heavy atom. The lowest BCUT2D eigenvalue weighted by molar-refractivity contribution is -0.154. The molecule has 17 heavy (non-hydrogen) atoms. The van der Waals surface area contributed by atoms with E-state index in [4.69, 9.17) is 23.2 Å². The van der Waals surface area contributed by atoms with Crippen LogP contribution < -0.4 is 0 Å². The molecule has 2 amide bonds. The van der Waals surface area contributed by atoms with Gasteiger partial charge in [0.25, 0.3) is 5.91 Å². The quantitative estimate of drug-likeness (QED) is 0.684. The highest BCUT2D eigenvalue weighted by atomic mass is 35.5. The van der Waals surface area contributed by atoms with Crippen LogP contribution in [0, 0.1) is 5.92 Å². The first-order valence-electron chi connectivity index (χ1n) is 5.79. The Bertz CT molecular complexity index is 361. The number of halogens is 2. The van der Waals surface area contributed by atoms with Crippen LogP contribution in [-0.2, 0) is 9.59 Å². The van der Waals surface area contributed by atoms with Crippen molar-refractivity contribution in [1.82, 2.24) is 9.80 Å². The topological polar surface area (TPSA) is 40.6 Å². The Morgan fingerprint density at radius 1 is 1.47 bits per heavy atom. The number of alkyl halides is 2. The maximum Gasteiger partial charge on any atom is 0.257 e. The molecule has 2 saturated heterocycles. The average Bonchev–Trinajstić information content (AvgIpc) is 2.48. The van der Waals surface area contributed by atoms with Crippen LogP contribution in [-0.4, -0.2) is 45.2 Å². The van der Waals surface area contributed by atoms with Crippen molar-refractivity contribution in [3.05, 3.63) is 0 Å². The third-order valence-electron chi connectivity index (χ3n) is 3.76. The molecule has 2 atom stereocenters. The number of amides is 2. The molecule has 0 spiro atoms. The average molecular weight is 279 g/mol. The first-order chi connectivity index (χ1) is 7.88. The first-order valence-corrected chi connectivity index (χ1v) is 6.66. The standard InChI is InChI=1S/C11H16Cl2N2O2/c1-7-6-11(2)14(9(7)16)4-3-5-15(11)10(17)8(12)13/h7-8H,3-6H2,1-2H3. The van der Waals surface area contributed by atoms with Crippen molar-refractivity contribution < 1.29 is 9.59 Å². The first kappa shape index (κ1) is 13.0. The van der Waals surface area contributed by atoms with Gasteiger partial charge in [-0.1, -0.05) is 30.1 Å². The van der Waals surface area contributed by atoms with Gasteiger partial charge in [0, 0.05) is 25.4 Å². The summed E-state index contributed by atoms with van der Waals surface area (Å²) in [6, 6.07) is 0. The zero-order valence-corrected chi connectivity index (χ0v) is 11.5. The van der Waals surface area contributed by atoms with Crippen LogP contribution >= 0.6 is 23.2 Å². The molecule has 2 aliphatic rings. The molecule has 0 N–H and O–H groups in total. The van der Waals surface area contributed by atoms with E-state index in [-0.39, 0.29) is 17.7 Å². The normalized spacial score (nSPS) is 33.2. The Labute approximate surface area is 111 Å². The summed E-state index contributed by atoms with van der Waals surface area (Å²) >= 11 is 11.3. The molecule has 2 rings (SSSR count). The maximum atomic E-state index is 12.0. The van der Waals surface area contributed by atoms with Crippen LogP contribution in [0.1, 0.15) is 26.7 Å². The second kappa shape index (κ2) is 4.32. The zero-order chi connectivity index (χ0) is 12.8. The van der Waals surface area contributed by atoms with Crippen molar-refractivity contribution in [2.24, 2.45) is 5.92 Å². The molecule has 0 aliphatic carbocycles. The van der Waals surface area contributed by atoms with E-state index in [2.05, 4.69) is 0 Å². The minimum atomic E-state index is -1.06. The molecule has 2 unspecified atom stereocenters. The Hall–Kier alpha value is -0.480. The molecule has 6 heteroatoms. The number of rotatable bonds is 1. The molecule has 0 saturated carbocycles. The molecule has 4 nitrogen and oxygen atoms in total. The van der Waals surface area contributed by atoms with E-state index in [1.165, 1.54) is 0 Å². The highest BCUT2D eigenvalue weighted by Crippen LogP contribution is 2.40. The third-order valence-corrected chi connectivity index (χ3v) is 4.13. The van der Waals surface area contributed by atoms with Crippen LogP contribution in [0.15, 0.2) is 0 Å². The van der Waals surface area contributed by atoms with E-state index >= 15 is 0 Å². The minimum Gasteiger partial charge on any atom is -0.319 e. The molecule has 2 aliphatic heterocycles. The summed E-state index contributed by atoms with van der Waals surface area (Å²) in [5, 5.41) is 0. The van der Waals surface area contributed by atoms with Crippen molar-refractivity contribution in [2.75, 3.05) is 13.1 Å². The Kier molecular flexibility index (Phi) is 3.29. The van der Waals surface area contributed by atoms with Crippen LogP contribution in [0.25, 0.3) is 0 Å². The molecule has 0 aromatic heterocycles. The van der Waals surface area contributed by atoms with Crippen molar-refractivity contribution in [1.29, 1.82) is 0 Å². The molecule has 2 heterocycles. The van der Waals surface area contributed by atoms with Gasteiger partial charge in [0.1, 0.15) is 5.66 Å². The summed E-state index contributed by atoms with van der Waals surface area (Å²) in [6.45, 7) is 5.13. The van der Waals surface area contributed by atoms with Gasteiger partial charge in [0.15, 0.2) is 4.84 Å². The van der Waals surface area contributed by atoms with Crippen LogP contribution in [0.3, 0.4) is 0 Å². The second-order valence-electron chi connectivity index (χ2n) is 4.96. The fraction of sp³-hybridized carbons (Fsp3) is 0.818. The largest absolute Gasteiger partial charge is 0.319 e. The van der Waals surface area contributed by atoms with Gasteiger partial charge in [-0.2, -0.15) is 0 Å². The minimum absolute atomic E-state index is 0.0440. The molecule has 0 aromatic rings. The van der Waals surface area contributed by atoms with Gasteiger partial charge in [0.05, 0.1) is 0 Å². The SMILES string of the molecule is CC1CC2(C)N(C(=O)C(Cl)Cl)CCCN2C1=O. The maximum absolute atomic E-state index is 12.0. The fourth-order valence-corrected chi connectivity index (χ4v) is 3.22. The van der Waals surface area contributed by atoms with Crippen LogP contribution in [0.5, 0.6) is 0 Å².